The summed E-state index contributed by atoms with van der Waals surface area (Å²) in [6, 6.07) is 1.72. The lowest BCUT2D eigenvalue weighted by Gasteiger charge is -2.16. The van der Waals surface area contributed by atoms with Crippen molar-refractivity contribution >= 4 is 28.9 Å². The molecule has 1 aromatic heterocycles. The van der Waals surface area contributed by atoms with Crippen LogP contribution in [0.2, 0.25) is 0 Å². The SMILES string of the molecule is Cc1ccnc(NC(C)CC(N)=O)c1C(N)=S. The van der Waals surface area contributed by atoms with E-state index in [4.69, 9.17) is 23.7 Å². The van der Waals surface area contributed by atoms with Gasteiger partial charge in [0.25, 0.3) is 0 Å². The second-order valence-corrected chi connectivity index (χ2v) is 4.37. The van der Waals surface area contributed by atoms with Crippen LogP contribution in [0.1, 0.15) is 24.5 Å². The minimum atomic E-state index is -0.366. The van der Waals surface area contributed by atoms with Gasteiger partial charge < -0.3 is 16.8 Å². The number of hydrogen-bond acceptors (Lipinski definition) is 4. The van der Waals surface area contributed by atoms with Crippen molar-refractivity contribution in [3.8, 4) is 0 Å². The minimum absolute atomic E-state index is 0.116. The topological polar surface area (TPSA) is 94.0 Å². The Kier molecular flexibility index (Phi) is 4.39. The van der Waals surface area contributed by atoms with E-state index in [-0.39, 0.29) is 23.4 Å². The number of hydrogen-bond donors (Lipinski definition) is 3. The van der Waals surface area contributed by atoms with Gasteiger partial charge in [0.05, 0.1) is 5.56 Å². The van der Waals surface area contributed by atoms with E-state index < -0.39 is 0 Å². The van der Waals surface area contributed by atoms with Gasteiger partial charge in [-0.25, -0.2) is 4.98 Å². The Morgan fingerprint density at radius 1 is 1.59 bits per heavy atom. The van der Waals surface area contributed by atoms with Gasteiger partial charge in [-0.05, 0) is 25.5 Å². The number of aryl methyl sites for hydroxylation is 1. The number of carbonyl (C=O) groups excluding carboxylic acids is 1. The standard InChI is InChI=1S/C11H16N4OS/c1-6-3-4-14-11(9(6)10(13)17)15-7(2)5-8(12)16/h3-4,7H,5H2,1-2H3,(H2,12,16)(H2,13,17)(H,14,15). The maximum absolute atomic E-state index is 10.8. The summed E-state index contributed by atoms with van der Waals surface area (Å²) in [6.45, 7) is 3.75. The first-order chi connectivity index (χ1) is 7.91. The second kappa shape index (κ2) is 5.58. The molecule has 1 unspecified atom stereocenters. The predicted octanol–water partition coefficient (Wildman–Crippen LogP) is 0.700. The van der Waals surface area contributed by atoms with Crippen molar-refractivity contribution < 1.29 is 4.79 Å². The van der Waals surface area contributed by atoms with Crippen molar-refractivity contribution in [2.75, 3.05) is 5.32 Å². The Balaban J connectivity index is 2.94. The Labute approximate surface area is 106 Å². The van der Waals surface area contributed by atoms with Crippen LogP contribution in [-0.2, 0) is 4.79 Å². The van der Waals surface area contributed by atoms with Crippen LogP contribution in [0, 0.1) is 6.92 Å². The molecule has 0 fully saturated rings. The number of carbonyl (C=O) groups is 1. The first-order valence-electron chi connectivity index (χ1n) is 5.22. The zero-order valence-corrected chi connectivity index (χ0v) is 10.7. The molecular weight excluding hydrogens is 236 g/mol. The highest BCUT2D eigenvalue weighted by Gasteiger charge is 2.13. The number of nitrogens with two attached hydrogens (primary N) is 2. The van der Waals surface area contributed by atoms with Gasteiger partial charge >= 0.3 is 0 Å². The molecule has 1 rings (SSSR count). The second-order valence-electron chi connectivity index (χ2n) is 3.93. The molecule has 1 aromatic rings. The minimum Gasteiger partial charge on any atom is -0.389 e. The number of aromatic nitrogens is 1. The lowest BCUT2D eigenvalue weighted by atomic mass is 10.1. The van der Waals surface area contributed by atoms with Gasteiger partial charge in [-0.15, -0.1) is 0 Å². The summed E-state index contributed by atoms with van der Waals surface area (Å²) in [7, 11) is 0. The highest BCUT2D eigenvalue weighted by atomic mass is 32.1. The zero-order valence-electron chi connectivity index (χ0n) is 9.86. The molecule has 17 heavy (non-hydrogen) atoms. The van der Waals surface area contributed by atoms with Crippen LogP contribution in [0.25, 0.3) is 0 Å². The smallest absolute Gasteiger partial charge is 0.219 e. The van der Waals surface area contributed by atoms with E-state index in [0.29, 0.717) is 11.4 Å². The number of rotatable bonds is 5. The molecule has 1 amide bonds. The van der Waals surface area contributed by atoms with E-state index in [1.807, 2.05) is 19.9 Å². The van der Waals surface area contributed by atoms with Crippen LogP contribution in [0.4, 0.5) is 5.82 Å². The van der Waals surface area contributed by atoms with Crippen molar-refractivity contribution in [1.82, 2.24) is 4.98 Å². The van der Waals surface area contributed by atoms with Gasteiger partial charge in [-0.3, -0.25) is 4.79 Å². The van der Waals surface area contributed by atoms with Crippen molar-refractivity contribution in [3.05, 3.63) is 23.4 Å². The summed E-state index contributed by atoms with van der Waals surface area (Å²) in [4.78, 5) is 15.3. The molecular formula is C11H16N4OS. The quantitative estimate of drug-likeness (QED) is 0.671. The zero-order chi connectivity index (χ0) is 13.0. The van der Waals surface area contributed by atoms with Crippen molar-refractivity contribution in [2.45, 2.75) is 26.3 Å². The third kappa shape index (κ3) is 3.67. The molecule has 6 heteroatoms. The number of nitrogens with one attached hydrogen (secondary N) is 1. The molecule has 5 N–H and O–H groups in total. The summed E-state index contributed by atoms with van der Waals surface area (Å²) in [5.74, 6) is 0.223. The fourth-order valence-electron chi connectivity index (χ4n) is 1.56. The molecule has 0 radical (unpaired) electrons. The summed E-state index contributed by atoms with van der Waals surface area (Å²) < 4.78 is 0. The average Bonchev–Trinajstić information content (AvgIpc) is 2.15. The highest BCUT2D eigenvalue weighted by molar-refractivity contribution is 7.80. The number of anilines is 1. The Bertz CT molecular complexity index is 447. The molecule has 0 spiro atoms. The van der Waals surface area contributed by atoms with E-state index in [0.717, 1.165) is 5.56 Å². The summed E-state index contributed by atoms with van der Waals surface area (Å²) in [5, 5.41) is 3.08. The number of pyridine rings is 1. The number of primary amides is 1. The van der Waals surface area contributed by atoms with E-state index in [2.05, 4.69) is 10.3 Å². The third-order valence-electron chi connectivity index (χ3n) is 2.30. The largest absolute Gasteiger partial charge is 0.389 e. The van der Waals surface area contributed by atoms with Gasteiger partial charge in [-0.1, -0.05) is 12.2 Å². The van der Waals surface area contributed by atoms with Crippen molar-refractivity contribution in [3.63, 3.8) is 0 Å². The van der Waals surface area contributed by atoms with Gasteiger partial charge in [0, 0.05) is 18.7 Å². The maximum atomic E-state index is 10.8. The van der Waals surface area contributed by atoms with E-state index >= 15 is 0 Å². The predicted molar refractivity (Wildman–Crippen MR) is 71.8 cm³/mol. The van der Waals surface area contributed by atoms with Crippen molar-refractivity contribution in [2.24, 2.45) is 11.5 Å². The normalized spacial score (nSPS) is 11.9. The van der Waals surface area contributed by atoms with E-state index in [9.17, 15) is 4.79 Å². The summed E-state index contributed by atoms with van der Waals surface area (Å²) in [5.41, 5.74) is 12.4. The first kappa shape index (κ1) is 13.4. The molecule has 1 heterocycles. The van der Waals surface area contributed by atoms with E-state index in [1.165, 1.54) is 0 Å². The van der Waals surface area contributed by atoms with E-state index in [1.54, 1.807) is 6.20 Å². The Hall–Kier alpha value is -1.69. The van der Waals surface area contributed by atoms with Crippen LogP contribution >= 0.6 is 12.2 Å². The van der Waals surface area contributed by atoms with Crippen molar-refractivity contribution in [1.29, 1.82) is 0 Å². The fraction of sp³-hybridized carbons (Fsp3) is 0.364. The van der Waals surface area contributed by atoms with Crippen LogP contribution in [-0.4, -0.2) is 21.9 Å². The molecule has 0 saturated heterocycles. The summed E-state index contributed by atoms with van der Waals surface area (Å²) in [6.07, 6.45) is 1.89. The molecule has 0 aliphatic carbocycles. The third-order valence-corrected chi connectivity index (χ3v) is 2.50. The fourth-order valence-corrected chi connectivity index (χ4v) is 1.82. The highest BCUT2D eigenvalue weighted by Crippen LogP contribution is 2.17. The lowest BCUT2D eigenvalue weighted by molar-refractivity contribution is -0.118. The summed E-state index contributed by atoms with van der Waals surface area (Å²) >= 11 is 4.98. The Morgan fingerprint density at radius 2 is 2.24 bits per heavy atom. The van der Waals surface area contributed by atoms with Gasteiger partial charge in [0.1, 0.15) is 10.8 Å². The molecule has 0 aliphatic heterocycles. The number of thiocarbonyl (C=S) groups is 1. The molecule has 1 atom stereocenters. The molecule has 5 nitrogen and oxygen atoms in total. The van der Waals surface area contributed by atoms with Gasteiger partial charge in [-0.2, -0.15) is 0 Å². The molecule has 0 aromatic carbocycles. The lowest BCUT2D eigenvalue weighted by Crippen LogP contribution is -2.26. The molecule has 0 bridgehead atoms. The van der Waals surface area contributed by atoms with Gasteiger partial charge in [0.2, 0.25) is 5.91 Å². The van der Waals surface area contributed by atoms with Crippen LogP contribution in [0.3, 0.4) is 0 Å². The Morgan fingerprint density at radius 3 is 2.76 bits per heavy atom. The maximum Gasteiger partial charge on any atom is 0.219 e. The van der Waals surface area contributed by atoms with Crippen LogP contribution < -0.4 is 16.8 Å². The first-order valence-corrected chi connectivity index (χ1v) is 5.63. The van der Waals surface area contributed by atoms with Gasteiger partial charge in [0.15, 0.2) is 0 Å². The average molecular weight is 252 g/mol. The monoisotopic (exact) mass is 252 g/mol. The van der Waals surface area contributed by atoms with Crippen LogP contribution in [0.5, 0.6) is 0 Å². The molecule has 0 aliphatic rings. The number of nitrogens with zero attached hydrogens (tertiary/aromatic N) is 1. The molecule has 0 saturated carbocycles. The number of amides is 1. The van der Waals surface area contributed by atoms with Crippen LogP contribution in [0.15, 0.2) is 12.3 Å². The molecule has 92 valence electrons.